The number of ether oxygens (including phenoxy) is 1. The molecule has 0 bridgehead atoms. The third kappa shape index (κ3) is 2.25. The Hall–Kier alpha value is -0.470. The van der Waals surface area contributed by atoms with Gasteiger partial charge in [0, 0.05) is 23.3 Å². The summed E-state index contributed by atoms with van der Waals surface area (Å²) in [6.07, 6.45) is 1.80. The van der Waals surface area contributed by atoms with Crippen LogP contribution in [-0.2, 0) is 0 Å². The van der Waals surface area contributed by atoms with E-state index in [1.807, 2.05) is 0 Å². The van der Waals surface area contributed by atoms with Gasteiger partial charge in [0.15, 0.2) is 0 Å². The zero-order valence-electron chi connectivity index (χ0n) is 9.84. The van der Waals surface area contributed by atoms with Crippen LogP contribution in [0.15, 0.2) is 18.2 Å². The molecule has 0 amide bonds. The van der Waals surface area contributed by atoms with Crippen molar-refractivity contribution in [3.8, 4) is 5.75 Å². The summed E-state index contributed by atoms with van der Waals surface area (Å²) in [7, 11) is 0. The van der Waals surface area contributed by atoms with Gasteiger partial charge in [-0.05, 0) is 18.6 Å². The van der Waals surface area contributed by atoms with Crippen molar-refractivity contribution in [3.05, 3.63) is 29.0 Å². The molecule has 1 aromatic carbocycles. The van der Waals surface area contributed by atoms with E-state index in [1.54, 1.807) is 6.07 Å². The normalized spacial score (nSPS) is 32.1. The van der Waals surface area contributed by atoms with Crippen molar-refractivity contribution in [3.63, 3.8) is 0 Å². The Morgan fingerprint density at radius 1 is 1.53 bits per heavy atom. The third-order valence-electron chi connectivity index (χ3n) is 3.80. The Morgan fingerprint density at radius 2 is 2.24 bits per heavy atom. The fourth-order valence-electron chi connectivity index (χ4n) is 2.11. The summed E-state index contributed by atoms with van der Waals surface area (Å²) in [5.74, 6) is 0.0595. The Labute approximate surface area is 111 Å². The van der Waals surface area contributed by atoms with Gasteiger partial charge in [0.1, 0.15) is 17.7 Å². The molecule has 0 heterocycles. The molecule has 17 heavy (non-hydrogen) atoms. The molecule has 1 aromatic rings. The molecule has 4 heteroatoms. The highest BCUT2D eigenvalue weighted by Crippen LogP contribution is 2.49. The van der Waals surface area contributed by atoms with Crippen molar-refractivity contribution < 1.29 is 9.13 Å². The van der Waals surface area contributed by atoms with Crippen molar-refractivity contribution in [1.82, 2.24) is 0 Å². The highest BCUT2D eigenvalue weighted by molar-refractivity contribution is 6.30. The van der Waals surface area contributed by atoms with Crippen molar-refractivity contribution in [2.24, 2.45) is 5.41 Å². The molecular weight excluding hydrogens is 262 g/mol. The molecule has 0 N–H and O–H groups in total. The molecule has 3 unspecified atom stereocenters. The lowest BCUT2D eigenvalue weighted by Gasteiger charge is -2.50. The smallest absolute Gasteiger partial charge is 0.145 e. The molecule has 0 aromatic heterocycles. The van der Waals surface area contributed by atoms with Crippen molar-refractivity contribution in [1.29, 1.82) is 0 Å². The van der Waals surface area contributed by atoms with Crippen LogP contribution in [0.4, 0.5) is 4.39 Å². The molecule has 0 saturated heterocycles. The predicted octanol–water partition coefficient (Wildman–Crippen LogP) is 4.65. The lowest BCUT2D eigenvalue weighted by molar-refractivity contribution is -0.0296. The average Bonchev–Trinajstić information content (AvgIpc) is 2.32. The molecule has 0 radical (unpaired) electrons. The summed E-state index contributed by atoms with van der Waals surface area (Å²) in [6, 6.07) is 4.51. The van der Waals surface area contributed by atoms with Gasteiger partial charge >= 0.3 is 0 Å². The zero-order chi connectivity index (χ0) is 12.6. The molecule has 1 nitrogen and oxygen atoms in total. The van der Waals surface area contributed by atoms with Crippen LogP contribution >= 0.6 is 23.2 Å². The van der Waals surface area contributed by atoms with E-state index in [4.69, 9.17) is 27.9 Å². The zero-order valence-corrected chi connectivity index (χ0v) is 11.4. The van der Waals surface area contributed by atoms with Crippen molar-refractivity contribution in [2.45, 2.75) is 38.2 Å². The van der Waals surface area contributed by atoms with Gasteiger partial charge in [0.2, 0.25) is 0 Å². The number of hydrogen-bond donors (Lipinski definition) is 0. The standard InChI is InChI=1S/C13H15Cl2FO/c1-3-13(2)11(15)7-12(13)17-8-4-5-9(14)10(16)6-8/h4-6,11-12H,3,7H2,1-2H3. The molecule has 1 fully saturated rings. The van der Waals surface area contributed by atoms with E-state index in [-0.39, 0.29) is 21.9 Å². The van der Waals surface area contributed by atoms with Gasteiger partial charge in [0.05, 0.1) is 5.02 Å². The first-order valence-electron chi connectivity index (χ1n) is 5.73. The number of halogens is 3. The molecule has 1 saturated carbocycles. The molecule has 0 spiro atoms. The second kappa shape index (κ2) is 4.66. The Bertz CT molecular complexity index is 424. The fraction of sp³-hybridized carbons (Fsp3) is 0.538. The summed E-state index contributed by atoms with van der Waals surface area (Å²) in [5.41, 5.74) is -0.0301. The maximum absolute atomic E-state index is 13.3. The fourth-order valence-corrected chi connectivity index (χ4v) is 2.69. The van der Waals surface area contributed by atoms with Crippen LogP contribution < -0.4 is 4.74 Å². The van der Waals surface area contributed by atoms with Gasteiger partial charge in [-0.2, -0.15) is 0 Å². The number of benzene rings is 1. The van der Waals surface area contributed by atoms with Crippen LogP contribution in [0.5, 0.6) is 5.75 Å². The minimum Gasteiger partial charge on any atom is -0.490 e. The molecular formula is C13H15Cl2FO. The van der Waals surface area contributed by atoms with E-state index in [0.717, 1.165) is 12.8 Å². The number of alkyl halides is 1. The molecule has 1 aliphatic carbocycles. The number of hydrogen-bond acceptors (Lipinski definition) is 1. The van der Waals surface area contributed by atoms with Gasteiger partial charge < -0.3 is 4.74 Å². The van der Waals surface area contributed by atoms with Crippen molar-refractivity contribution >= 4 is 23.2 Å². The monoisotopic (exact) mass is 276 g/mol. The Kier molecular flexibility index (Phi) is 3.55. The van der Waals surface area contributed by atoms with Gasteiger partial charge in [-0.1, -0.05) is 25.4 Å². The lowest BCUT2D eigenvalue weighted by atomic mass is 9.65. The molecule has 1 aliphatic rings. The minimum absolute atomic E-state index is 0.0301. The van der Waals surface area contributed by atoms with Crippen LogP contribution in [0.25, 0.3) is 0 Å². The quantitative estimate of drug-likeness (QED) is 0.730. The van der Waals surface area contributed by atoms with Crippen LogP contribution in [0.2, 0.25) is 5.02 Å². The number of rotatable bonds is 3. The first kappa shape index (κ1) is 13.0. The third-order valence-corrected chi connectivity index (χ3v) is 4.79. The van der Waals surface area contributed by atoms with E-state index in [1.165, 1.54) is 12.1 Å². The maximum Gasteiger partial charge on any atom is 0.145 e. The highest BCUT2D eigenvalue weighted by atomic mass is 35.5. The van der Waals surface area contributed by atoms with E-state index < -0.39 is 5.82 Å². The molecule has 0 aliphatic heterocycles. The summed E-state index contributed by atoms with van der Waals surface area (Å²) in [5, 5.41) is 0.245. The second-order valence-corrected chi connectivity index (χ2v) is 5.68. The lowest BCUT2D eigenvalue weighted by Crippen LogP contribution is -2.55. The summed E-state index contributed by atoms with van der Waals surface area (Å²) >= 11 is 11.8. The second-order valence-electron chi connectivity index (χ2n) is 4.75. The van der Waals surface area contributed by atoms with E-state index in [0.29, 0.717) is 5.75 Å². The minimum atomic E-state index is -0.455. The maximum atomic E-state index is 13.3. The summed E-state index contributed by atoms with van der Waals surface area (Å²) < 4.78 is 19.0. The Balaban J connectivity index is 2.09. The van der Waals surface area contributed by atoms with E-state index >= 15 is 0 Å². The molecule has 2 rings (SSSR count). The predicted molar refractivity (Wildman–Crippen MR) is 68.5 cm³/mol. The van der Waals surface area contributed by atoms with Gasteiger partial charge in [-0.3, -0.25) is 0 Å². The highest BCUT2D eigenvalue weighted by Gasteiger charge is 2.51. The first-order valence-corrected chi connectivity index (χ1v) is 6.54. The van der Waals surface area contributed by atoms with Crippen molar-refractivity contribution in [2.75, 3.05) is 0 Å². The first-order chi connectivity index (χ1) is 7.97. The van der Waals surface area contributed by atoms with Crippen LogP contribution in [0.1, 0.15) is 26.7 Å². The largest absolute Gasteiger partial charge is 0.490 e. The van der Waals surface area contributed by atoms with Gasteiger partial charge in [-0.15, -0.1) is 11.6 Å². The van der Waals surface area contributed by atoms with Gasteiger partial charge in [0.25, 0.3) is 0 Å². The molecule has 94 valence electrons. The Morgan fingerprint density at radius 3 is 2.76 bits per heavy atom. The average molecular weight is 277 g/mol. The van der Waals surface area contributed by atoms with E-state index in [9.17, 15) is 4.39 Å². The molecule has 3 atom stereocenters. The topological polar surface area (TPSA) is 9.23 Å². The van der Waals surface area contributed by atoms with Crippen LogP contribution in [-0.4, -0.2) is 11.5 Å². The summed E-state index contributed by atoms with van der Waals surface area (Å²) in [6.45, 7) is 4.19. The summed E-state index contributed by atoms with van der Waals surface area (Å²) in [4.78, 5) is 0. The van der Waals surface area contributed by atoms with E-state index in [2.05, 4.69) is 13.8 Å². The van der Waals surface area contributed by atoms with Crippen LogP contribution in [0.3, 0.4) is 0 Å². The SMILES string of the molecule is CCC1(C)C(Cl)CC1Oc1ccc(Cl)c(F)c1. The van der Waals surface area contributed by atoms with Crippen LogP contribution in [0, 0.1) is 11.2 Å². The van der Waals surface area contributed by atoms with Gasteiger partial charge in [-0.25, -0.2) is 4.39 Å².